The fourth-order valence-corrected chi connectivity index (χ4v) is 3.73. The minimum atomic E-state index is -0.585. The number of aryl methyl sites for hydroxylation is 3. The van der Waals surface area contributed by atoms with E-state index in [9.17, 15) is 24.5 Å². The van der Waals surface area contributed by atoms with Crippen LogP contribution in [0.4, 0.5) is 17.1 Å². The Morgan fingerprint density at radius 2 is 1.45 bits per heavy atom. The van der Waals surface area contributed by atoms with Crippen molar-refractivity contribution in [1.29, 1.82) is 0 Å². The number of hydrazine groups is 1. The van der Waals surface area contributed by atoms with E-state index in [0.29, 0.717) is 30.0 Å². The van der Waals surface area contributed by atoms with Gasteiger partial charge in [-0.05, 0) is 18.6 Å². The Morgan fingerprint density at radius 3 is 1.92 bits per heavy atom. The molecular formula is C23H30N10O5. The predicted octanol–water partition coefficient (Wildman–Crippen LogP) is 1.11. The molecule has 0 aliphatic carbocycles. The van der Waals surface area contributed by atoms with Crippen molar-refractivity contribution in [2.24, 2.45) is 32.0 Å². The van der Waals surface area contributed by atoms with Crippen LogP contribution in [0.3, 0.4) is 0 Å². The lowest BCUT2D eigenvalue weighted by atomic mass is 10.2. The summed E-state index contributed by atoms with van der Waals surface area (Å²) >= 11 is 0. The van der Waals surface area contributed by atoms with E-state index in [1.165, 1.54) is 40.8 Å². The maximum Gasteiger partial charge on any atom is 0.287 e. The number of nitrogens with zero attached hydrogens (tertiary/aromatic N) is 5. The lowest BCUT2D eigenvalue weighted by Gasteiger charge is -2.11. The fourth-order valence-electron chi connectivity index (χ4n) is 3.73. The van der Waals surface area contributed by atoms with Crippen molar-refractivity contribution in [3.63, 3.8) is 0 Å². The highest BCUT2D eigenvalue weighted by Gasteiger charge is 2.20. The van der Waals surface area contributed by atoms with Gasteiger partial charge in [0, 0.05) is 46.1 Å². The zero-order chi connectivity index (χ0) is 28.0. The van der Waals surface area contributed by atoms with Crippen molar-refractivity contribution in [2.75, 3.05) is 17.2 Å². The number of hydrogen-bond acceptors (Lipinski definition) is 7. The van der Waals surface area contributed by atoms with Crippen molar-refractivity contribution in [1.82, 2.24) is 24.4 Å². The molecule has 1 unspecified atom stereocenters. The normalized spacial score (nSPS) is 11.8. The molecule has 0 aliphatic heterocycles. The van der Waals surface area contributed by atoms with Gasteiger partial charge in [0.25, 0.3) is 23.4 Å². The lowest BCUT2D eigenvalue weighted by molar-refractivity contribution is -0.384. The molecule has 0 radical (unpaired) electrons. The van der Waals surface area contributed by atoms with Gasteiger partial charge in [0.1, 0.15) is 17.1 Å². The van der Waals surface area contributed by atoms with Crippen molar-refractivity contribution >= 4 is 41.1 Å². The molecule has 0 saturated carbocycles. The number of aromatic nitrogens is 3. The second-order valence-electron chi connectivity index (χ2n) is 8.53. The molecule has 3 heterocycles. The molecule has 6 N–H and O–H groups in total. The van der Waals surface area contributed by atoms with Gasteiger partial charge in [-0.25, -0.2) is 5.84 Å². The predicted molar refractivity (Wildman–Crippen MR) is 141 cm³/mol. The third kappa shape index (κ3) is 6.44. The van der Waals surface area contributed by atoms with Crippen LogP contribution in [-0.2, 0) is 21.1 Å². The van der Waals surface area contributed by atoms with Gasteiger partial charge in [-0.15, -0.1) is 0 Å². The molecule has 0 fully saturated rings. The largest absolute Gasteiger partial charge is 0.349 e. The summed E-state index contributed by atoms with van der Waals surface area (Å²) in [7, 11) is 4.84. The molecule has 0 spiro atoms. The molecular weight excluding hydrogens is 496 g/mol. The van der Waals surface area contributed by atoms with E-state index in [1.807, 2.05) is 6.92 Å². The summed E-state index contributed by atoms with van der Waals surface area (Å²) < 4.78 is 4.46. The second-order valence-corrected chi connectivity index (χ2v) is 8.53. The van der Waals surface area contributed by atoms with Crippen LogP contribution < -0.4 is 27.2 Å². The number of aliphatic imine (C=N–C) groups is 1. The monoisotopic (exact) mass is 526 g/mol. The SMILES string of the molecule is CCC(CNC(=O)c1cc(NC(=O)c2cc(NC(=O)c3cc([N+](=O)[O-])cn3C)cn2C)cn1C)N=CNN. The van der Waals surface area contributed by atoms with Crippen LogP contribution in [0.1, 0.15) is 44.8 Å². The smallest absolute Gasteiger partial charge is 0.287 e. The first kappa shape index (κ1) is 27.7. The highest BCUT2D eigenvalue weighted by molar-refractivity contribution is 6.07. The Labute approximate surface area is 217 Å². The van der Waals surface area contributed by atoms with Crippen LogP contribution in [-0.4, -0.2) is 55.3 Å². The summed E-state index contributed by atoms with van der Waals surface area (Å²) in [5, 5.41) is 19.2. The number of nitrogens with one attached hydrogen (secondary N) is 4. The quantitative estimate of drug-likeness (QED) is 0.0811. The summed E-state index contributed by atoms with van der Waals surface area (Å²) in [5.74, 6) is 3.84. The molecule has 0 saturated heterocycles. The number of nitrogens with two attached hydrogens (primary N) is 1. The molecule has 15 nitrogen and oxygen atoms in total. The molecule has 15 heteroatoms. The topological polar surface area (TPSA) is 196 Å². The average molecular weight is 527 g/mol. The zero-order valence-electron chi connectivity index (χ0n) is 21.4. The van der Waals surface area contributed by atoms with Crippen molar-refractivity contribution < 1.29 is 19.3 Å². The molecule has 38 heavy (non-hydrogen) atoms. The number of anilines is 2. The van der Waals surface area contributed by atoms with Crippen LogP contribution >= 0.6 is 0 Å². The van der Waals surface area contributed by atoms with E-state index in [4.69, 9.17) is 5.84 Å². The standard InChI is InChI=1S/C23H30N10O5/c1-5-14(26-13-27-24)9-25-21(34)18-6-15(10-30(18)2)28-22(35)19-7-16(11-31(19)3)29-23(36)20-8-17(33(37)38)12-32(20)4/h6-8,10-14H,5,9,24H2,1-4H3,(H,25,34)(H,26,27)(H,28,35)(H,29,36). The summed E-state index contributed by atoms with van der Waals surface area (Å²) in [5.41, 5.74) is 3.54. The molecule has 3 amide bonds. The van der Waals surface area contributed by atoms with Crippen LogP contribution in [0.5, 0.6) is 0 Å². The van der Waals surface area contributed by atoms with Gasteiger partial charge < -0.3 is 35.1 Å². The van der Waals surface area contributed by atoms with Gasteiger partial charge in [-0.2, -0.15) is 0 Å². The van der Waals surface area contributed by atoms with E-state index in [-0.39, 0.29) is 29.0 Å². The number of carbonyl (C=O) groups is 3. The van der Waals surface area contributed by atoms with E-state index in [2.05, 4.69) is 26.4 Å². The average Bonchev–Trinajstić information content (AvgIpc) is 3.55. The number of hydrogen-bond donors (Lipinski definition) is 5. The molecule has 0 bridgehead atoms. The second kappa shape index (κ2) is 11.9. The molecule has 0 aromatic carbocycles. The Morgan fingerprint density at radius 1 is 0.947 bits per heavy atom. The number of carbonyl (C=O) groups excluding carboxylic acids is 3. The Kier molecular flexibility index (Phi) is 8.65. The first-order chi connectivity index (χ1) is 18.0. The lowest BCUT2D eigenvalue weighted by Crippen LogP contribution is -2.33. The summed E-state index contributed by atoms with van der Waals surface area (Å²) in [6.07, 6.45) is 6.46. The number of amides is 3. The van der Waals surface area contributed by atoms with Gasteiger partial charge in [0.05, 0.1) is 34.9 Å². The van der Waals surface area contributed by atoms with Crippen LogP contribution in [0, 0.1) is 10.1 Å². The summed E-state index contributed by atoms with van der Waals surface area (Å²) in [6, 6.07) is 4.05. The highest BCUT2D eigenvalue weighted by Crippen LogP contribution is 2.20. The van der Waals surface area contributed by atoms with Crippen LogP contribution in [0.15, 0.2) is 41.8 Å². The number of nitro groups is 1. The van der Waals surface area contributed by atoms with Gasteiger partial charge >= 0.3 is 0 Å². The first-order valence-corrected chi connectivity index (χ1v) is 11.6. The highest BCUT2D eigenvalue weighted by atomic mass is 16.6. The minimum Gasteiger partial charge on any atom is -0.349 e. The van der Waals surface area contributed by atoms with E-state index in [0.717, 1.165) is 0 Å². The molecule has 1 atom stereocenters. The number of rotatable bonds is 11. The van der Waals surface area contributed by atoms with Gasteiger partial charge in [-0.1, -0.05) is 6.92 Å². The van der Waals surface area contributed by atoms with Gasteiger partial charge in [-0.3, -0.25) is 29.5 Å². The molecule has 3 aromatic rings. The summed E-state index contributed by atoms with van der Waals surface area (Å²) in [6.45, 7) is 2.25. The maximum absolute atomic E-state index is 12.9. The Hall–Kier alpha value is -4.92. The molecule has 3 aromatic heterocycles. The summed E-state index contributed by atoms with van der Waals surface area (Å²) in [4.78, 5) is 52.7. The van der Waals surface area contributed by atoms with Crippen molar-refractivity contribution in [3.8, 4) is 0 Å². The fraction of sp³-hybridized carbons (Fsp3) is 0.304. The maximum atomic E-state index is 12.9. The van der Waals surface area contributed by atoms with Gasteiger partial charge in [0.2, 0.25) is 0 Å². The van der Waals surface area contributed by atoms with E-state index >= 15 is 0 Å². The molecule has 3 rings (SSSR count). The minimum absolute atomic E-state index is 0.0924. The van der Waals surface area contributed by atoms with Crippen molar-refractivity contribution in [3.05, 3.63) is 64.0 Å². The zero-order valence-corrected chi connectivity index (χ0v) is 21.4. The molecule has 0 aliphatic rings. The first-order valence-electron chi connectivity index (χ1n) is 11.6. The van der Waals surface area contributed by atoms with Crippen LogP contribution in [0.25, 0.3) is 0 Å². The van der Waals surface area contributed by atoms with E-state index < -0.39 is 16.7 Å². The third-order valence-electron chi connectivity index (χ3n) is 5.75. The Bertz CT molecular complexity index is 1380. The van der Waals surface area contributed by atoms with Crippen LogP contribution in [0.2, 0.25) is 0 Å². The van der Waals surface area contributed by atoms with Crippen molar-refractivity contribution in [2.45, 2.75) is 19.4 Å². The Balaban J connectivity index is 1.66. The molecule has 202 valence electrons. The van der Waals surface area contributed by atoms with E-state index in [1.54, 1.807) is 37.1 Å². The third-order valence-corrected chi connectivity index (χ3v) is 5.75. The van der Waals surface area contributed by atoms with Gasteiger partial charge in [0.15, 0.2) is 0 Å².